The van der Waals surface area contributed by atoms with Gasteiger partial charge in [-0.25, -0.2) is 0 Å². The SMILES string of the molecule is Nc1ccc(Cl)cc1NCCc1cc[nH]c1. The summed E-state index contributed by atoms with van der Waals surface area (Å²) < 4.78 is 0. The summed E-state index contributed by atoms with van der Waals surface area (Å²) in [6.07, 6.45) is 4.86. The van der Waals surface area contributed by atoms with E-state index in [4.69, 9.17) is 17.3 Å². The average Bonchev–Trinajstić information content (AvgIpc) is 2.76. The molecule has 0 radical (unpaired) electrons. The van der Waals surface area contributed by atoms with Crippen molar-refractivity contribution in [2.75, 3.05) is 17.6 Å². The Labute approximate surface area is 99.6 Å². The van der Waals surface area contributed by atoms with Crippen molar-refractivity contribution in [2.45, 2.75) is 6.42 Å². The largest absolute Gasteiger partial charge is 0.397 e. The van der Waals surface area contributed by atoms with Crippen LogP contribution >= 0.6 is 11.6 Å². The molecule has 84 valence electrons. The van der Waals surface area contributed by atoms with Crippen molar-refractivity contribution in [3.05, 3.63) is 47.2 Å². The summed E-state index contributed by atoms with van der Waals surface area (Å²) in [5.74, 6) is 0. The fourth-order valence-corrected chi connectivity index (χ4v) is 1.71. The van der Waals surface area contributed by atoms with E-state index in [-0.39, 0.29) is 0 Å². The Morgan fingerprint density at radius 3 is 2.94 bits per heavy atom. The smallest absolute Gasteiger partial charge is 0.0588 e. The van der Waals surface area contributed by atoms with Crippen LogP contribution in [0.2, 0.25) is 5.02 Å². The predicted octanol–water partition coefficient (Wildman–Crippen LogP) is 2.90. The van der Waals surface area contributed by atoms with Gasteiger partial charge in [0.2, 0.25) is 0 Å². The number of anilines is 2. The second-order valence-corrected chi connectivity index (χ2v) is 4.06. The van der Waals surface area contributed by atoms with Gasteiger partial charge in [0, 0.05) is 24.0 Å². The maximum absolute atomic E-state index is 5.89. The number of nitrogens with one attached hydrogen (secondary N) is 2. The molecule has 1 aromatic heterocycles. The van der Waals surface area contributed by atoms with Crippen LogP contribution in [0.1, 0.15) is 5.56 Å². The second-order valence-electron chi connectivity index (χ2n) is 3.63. The molecule has 0 bridgehead atoms. The van der Waals surface area contributed by atoms with E-state index in [0.29, 0.717) is 5.02 Å². The number of benzene rings is 1. The molecule has 1 heterocycles. The molecular formula is C12H14ClN3. The van der Waals surface area contributed by atoms with E-state index in [0.717, 1.165) is 24.3 Å². The number of H-pyrrole nitrogens is 1. The van der Waals surface area contributed by atoms with E-state index in [1.807, 2.05) is 18.5 Å². The minimum absolute atomic E-state index is 0.693. The molecule has 0 aliphatic carbocycles. The predicted molar refractivity (Wildman–Crippen MR) is 68.9 cm³/mol. The highest BCUT2D eigenvalue weighted by atomic mass is 35.5. The summed E-state index contributed by atoms with van der Waals surface area (Å²) >= 11 is 5.89. The number of nitrogen functional groups attached to an aromatic ring is 1. The Balaban J connectivity index is 1.92. The van der Waals surface area contributed by atoms with Crippen LogP contribution in [0, 0.1) is 0 Å². The molecule has 2 aromatic rings. The van der Waals surface area contributed by atoms with Crippen LogP contribution in [0.15, 0.2) is 36.7 Å². The highest BCUT2D eigenvalue weighted by molar-refractivity contribution is 6.31. The summed E-state index contributed by atoms with van der Waals surface area (Å²) in [6, 6.07) is 7.49. The topological polar surface area (TPSA) is 53.8 Å². The van der Waals surface area contributed by atoms with Crippen molar-refractivity contribution in [2.24, 2.45) is 0 Å². The van der Waals surface area contributed by atoms with E-state index in [1.165, 1.54) is 5.56 Å². The van der Waals surface area contributed by atoms with Crippen LogP contribution in [0.25, 0.3) is 0 Å². The lowest BCUT2D eigenvalue weighted by molar-refractivity contribution is 1.02. The number of aromatic amines is 1. The molecule has 0 saturated heterocycles. The fourth-order valence-electron chi connectivity index (χ4n) is 1.54. The van der Waals surface area contributed by atoms with Crippen LogP contribution in [0.5, 0.6) is 0 Å². The number of rotatable bonds is 4. The molecule has 0 atom stereocenters. The lowest BCUT2D eigenvalue weighted by Gasteiger charge is -2.08. The van der Waals surface area contributed by atoms with Gasteiger partial charge in [-0.1, -0.05) is 11.6 Å². The van der Waals surface area contributed by atoms with Gasteiger partial charge in [-0.15, -0.1) is 0 Å². The van der Waals surface area contributed by atoms with E-state index in [2.05, 4.69) is 16.4 Å². The van der Waals surface area contributed by atoms with Gasteiger partial charge in [-0.3, -0.25) is 0 Å². The highest BCUT2D eigenvalue weighted by Gasteiger charge is 1.99. The molecule has 0 spiro atoms. The minimum Gasteiger partial charge on any atom is -0.397 e. The summed E-state index contributed by atoms with van der Waals surface area (Å²) in [7, 11) is 0. The molecule has 1 aromatic carbocycles. The van der Waals surface area contributed by atoms with Gasteiger partial charge >= 0.3 is 0 Å². The summed E-state index contributed by atoms with van der Waals surface area (Å²) in [5, 5.41) is 3.96. The Hall–Kier alpha value is -1.61. The molecule has 0 aliphatic rings. The quantitative estimate of drug-likeness (QED) is 0.714. The Morgan fingerprint density at radius 1 is 1.31 bits per heavy atom. The number of hydrogen-bond donors (Lipinski definition) is 3. The van der Waals surface area contributed by atoms with E-state index < -0.39 is 0 Å². The molecular weight excluding hydrogens is 222 g/mol. The summed E-state index contributed by atoms with van der Waals surface area (Å²) in [5.41, 5.74) is 8.71. The molecule has 3 nitrogen and oxygen atoms in total. The lowest BCUT2D eigenvalue weighted by atomic mass is 10.2. The van der Waals surface area contributed by atoms with Crippen LogP contribution < -0.4 is 11.1 Å². The zero-order valence-electron chi connectivity index (χ0n) is 8.83. The van der Waals surface area contributed by atoms with Crippen molar-refractivity contribution >= 4 is 23.0 Å². The van der Waals surface area contributed by atoms with Gasteiger partial charge < -0.3 is 16.0 Å². The average molecular weight is 236 g/mol. The van der Waals surface area contributed by atoms with Crippen molar-refractivity contribution < 1.29 is 0 Å². The Kier molecular flexibility index (Phi) is 3.37. The van der Waals surface area contributed by atoms with E-state index in [9.17, 15) is 0 Å². The molecule has 0 saturated carbocycles. The van der Waals surface area contributed by atoms with Gasteiger partial charge in [-0.05, 0) is 36.2 Å². The van der Waals surface area contributed by atoms with Gasteiger partial charge in [0.15, 0.2) is 0 Å². The van der Waals surface area contributed by atoms with Crippen molar-refractivity contribution in [3.8, 4) is 0 Å². The van der Waals surface area contributed by atoms with Crippen molar-refractivity contribution in [1.82, 2.24) is 4.98 Å². The zero-order chi connectivity index (χ0) is 11.4. The molecule has 4 heteroatoms. The minimum atomic E-state index is 0.693. The lowest BCUT2D eigenvalue weighted by Crippen LogP contribution is -2.06. The van der Waals surface area contributed by atoms with Crippen LogP contribution in [-0.4, -0.2) is 11.5 Å². The summed E-state index contributed by atoms with van der Waals surface area (Å²) in [4.78, 5) is 3.03. The van der Waals surface area contributed by atoms with Crippen LogP contribution in [0.4, 0.5) is 11.4 Å². The highest BCUT2D eigenvalue weighted by Crippen LogP contribution is 2.22. The van der Waals surface area contributed by atoms with Crippen molar-refractivity contribution in [3.63, 3.8) is 0 Å². The molecule has 0 aliphatic heterocycles. The molecule has 16 heavy (non-hydrogen) atoms. The van der Waals surface area contributed by atoms with Gasteiger partial charge in [0.05, 0.1) is 11.4 Å². The first-order valence-corrected chi connectivity index (χ1v) is 5.54. The summed E-state index contributed by atoms with van der Waals surface area (Å²) in [6.45, 7) is 0.836. The Morgan fingerprint density at radius 2 is 2.19 bits per heavy atom. The monoisotopic (exact) mass is 235 g/mol. The molecule has 0 amide bonds. The third-order valence-corrected chi connectivity index (χ3v) is 2.64. The molecule has 0 fully saturated rings. The molecule has 4 N–H and O–H groups in total. The number of halogens is 1. The van der Waals surface area contributed by atoms with Gasteiger partial charge in [0.25, 0.3) is 0 Å². The first kappa shape index (κ1) is 10.9. The van der Waals surface area contributed by atoms with Gasteiger partial charge in [-0.2, -0.15) is 0 Å². The molecule has 2 rings (SSSR count). The first-order valence-electron chi connectivity index (χ1n) is 5.16. The van der Waals surface area contributed by atoms with E-state index in [1.54, 1.807) is 12.1 Å². The molecule has 0 unspecified atom stereocenters. The first-order chi connectivity index (χ1) is 7.75. The fraction of sp³-hybridized carbons (Fsp3) is 0.167. The maximum Gasteiger partial charge on any atom is 0.0588 e. The standard InChI is InChI=1S/C12H14ClN3/c13-10-1-2-11(14)12(7-10)16-6-4-9-3-5-15-8-9/h1-3,5,7-8,15-16H,4,6,14H2. The van der Waals surface area contributed by atoms with Gasteiger partial charge in [0.1, 0.15) is 0 Å². The zero-order valence-corrected chi connectivity index (χ0v) is 9.59. The number of nitrogens with two attached hydrogens (primary N) is 1. The third kappa shape index (κ3) is 2.70. The number of aromatic nitrogens is 1. The maximum atomic E-state index is 5.89. The third-order valence-electron chi connectivity index (χ3n) is 2.41. The number of hydrogen-bond acceptors (Lipinski definition) is 2. The Bertz CT molecular complexity index is 451. The van der Waals surface area contributed by atoms with E-state index >= 15 is 0 Å². The van der Waals surface area contributed by atoms with Crippen molar-refractivity contribution in [1.29, 1.82) is 0 Å². The van der Waals surface area contributed by atoms with Crippen LogP contribution in [0.3, 0.4) is 0 Å². The van der Waals surface area contributed by atoms with Crippen LogP contribution in [-0.2, 0) is 6.42 Å². The second kappa shape index (κ2) is 4.94. The normalized spacial score (nSPS) is 10.3.